The van der Waals surface area contributed by atoms with Gasteiger partial charge in [-0.3, -0.25) is 4.79 Å². The topological polar surface area (TPSA) is 17.1 Å². The molecule has 0 fully saturated rings. The van der Waals surface area contributed by atoms with Gasteiger partial charge in [-0.15, -0.1) is 0 Å². The molecular formula is C19H22O. The van der Waals surface area contributed by atoms with Crippen molar-refractivity contribution >= 4 is 5.78 Å². The van der Waals surface area contributed by atoms with Crippen molar-refractivity contribution in [3.63, 3.8) is 0 Å². The van der Waals surface area contributed by atoms with Crippen LogP contribution in [0.15, 0.2) is 36.4 Å². The highest BCUT2D eigenvalue weighted by Gasteiger charge is 2.09. The van der Waals surface area contributed by atoms with Gasteiger partial charge in [-0.05, 0) is 49.9 Å². The van der Waals surface area contributed by atoms with Gasteiger partial charge in [0, 0.05) is 12.8 Å². The zero-order valence-corrected chi connectivity index (χ0v) is 12.8. The maximum atomic E-state index is 12.3. The van der Waals surface area contributed by atoms with E-state index in [0.29, 0.717) is 12.8 Å². The molecule has 0 atom stereocenters. The fourth-order valence-electron chi connectivity index (χ4n) is 2.58. The number of hydrogen-bond donors (Lipinski definition) is 0. The molecule has 0 heterocycles. The van der Waals surface area contributed by atoms with E-state index in [4.69, 9.17) is 0 Å². The van der Waals surface area contributed by atoms with Gasteiger partial charge in [-0.1, -0.05) is 47.5 Å². The summed E-state index contributed by atoms with van der Waals surface area (Å²) in [4.78, 5) is 12.3. The number of carbonyl (C=O) groups is 1. The lowest BCUT2D eigenvalue weighted by Crippen LogP contribution is -2.08. The van der Waals surface area contributed by atoms with E-state index in [1.54, 1.807) is 0 Å². The molecule has 0 aliphatic carbocycles. The summed E-state index contributed by atoms with van der Waals surface area (Å²) >= 11 is 0. The van der Waals surface area contributed by atoms with Crippen LogP contribution in [-0.2, 0) is 17.6 Å². The van der Waals surface area contributed by atoms with Crippen molar-refractivity contribution < 1.29 is 4.79 Å². The lowest BCUT2D eigenvalue weighted by Gasteiger charge is -2.08. The van der Waals surface area contributed by atoms with Crippen LogP contribution in [0.3, 0.4) is 0 Å². The van der Waals surface area contributed by atoms with E-state index in [0.717, 1.165) is 11.1 Å². The van der Waals surface area contributed by atoms with Gasteiger partial charge in [0.2, 0.25) is 0 Å². The Morgan fingerprint density at radius 1 is 0.750 bits per heavy atom. The largest absolute Gasteiger partial charge is 0.299 e. The lowest BCUT2D eigenvalue weighted by atomic mass is 9.96. The molecule has 0 aliphatic rings. The minimum atomic E-state index is 0.281. The molecule has 104 valence electrons. The highest BCUT2D eigenvalue weighted by molar-refractivity contribution is 5.83. The first-order chi connectivity index (χ1) is 9.45. The molecule has 0 saturated heterocycles. The van der Waals surface area contributed by atoms with E-state index < -0.39 is 0 Å². The summed E-state index contributed by atoms with van der Waals surface area (Å²) in [5.41, 5.74) is 7.19. The van der Waals surface area contributed by atoms with Crippen molar-refractivity contribution in [3.8, 4) is 0 Å². The third-order valence-corrected chi connectivity index (χ3v) is 3.77. The van der Waals surface area contributed by atoms with Crippen molar-refractivity contribution in [1.29, 1.82) is 0 Å². The molecule has 0 amide bonds. The first-order valence-corrected chi connectivity index (χ1v) is 7.09. The molecular weight excluding hydrogens is 244 g/mol. The summed E-state index contributed by atoms with van der Waals surface area (Å²) in [6.07, 6.45) is 1.05. The van der Waals surface area contributed by atoms with Crippen molar-refractivity contribution in [2.45, 2.75) is 40.5 Å². The first-order valence-electron chi connectivity index (χ1n) is 7.09. The molecule has 0 aliphatic heterocycles. The van der Waals surface area contributed by atoms with Crippen LogP contribution in [0.4, 0.5) is 0 Å². The summed E-state index contributed by atoms with van der Waals surface area (Å²) in [5.74, 6) is 0.281. The molecule has 2 rings (SSSR count). The van der Waals surface area contributed by atoms with Crippen LogP contribution in [0.2, 0.25) is 0 Å². The third-order valence-electron chi connectivity index (χ3n) is 3.77. The zero-order valence-electron chi connectivity index (χ0n) is 12.8. The van der Waals surface area contributed by atoms with Crippen LogP contribution >= 0.6 is 0 Å². The molecule has 0 bridgehead atoms. The molecule has 0 N–H and O–H groups in total. The van der Waals surface area contributed by atoms with Crippen molar-refractivity contribution in [2.75, 3.05) is 0 Å². The molecule has 0 saturated carbocycles. The van der Waals surface area contributed by atoms with Gasteiger partial charge >= 0.3 is 0 Å². The van der Waals surface area contributed by atoms with Gasteiger partial charge in [0.1, 0.15) is 5.78 Å². The van der Waals surface area contributed by atoms with Gasteiger partial charge in [-0.2, -0.15) is 0 Å². The van der Waals surface area contributed by atoms with Crippen LogP contribution in [0.5, 0.6) is 0 Å². The van der Waals surface area contributed by atoms with Gasteiger partial charge < -0.3 is 0 Å². The lowest BCUT2D eigenvalue weighted by molar-refractivity contribution is -0.117. The minimum Gasteiger partial charge on any atom is -0.299 e. The smallest absolute Gasteiger partial charge is 0.141 e. The van der Waals surface area contributed by atoms with E-state index in [9.17, 15) is 4.79 Å². The third kappa shape index (κ3) is 3.57. The summed E-state index contributed by atoms with van der Waals surface area (Å²) in [5, 5.41) is 0. The zero-order chi connectivity index (χ0) is 14.7. The second kappa shape index (κ2) is 6.04. The first kappa shape index (κ1) is 14.5. The Balaban J connectivity index is 2.09. The molecule has 0 radical (unpaired) electrons. The monoisotopic (exact) mass is 266 g/mol. The summed E-state index contributed by atoms with van der Waals surface area (Å²) in [6.45, 7) is 8.31. The van der Waals surface area contributed by atoms with Crippen molar-refractivity contribution in [3.05, 3.63) is 69.8 Å². The average Bonchev–Trinajstić information content (AvgIpc) is 2.36. The highest BCUT2D eigenvalue weighted by Crippen LogP contribution is 2.15. The Bertz CT molecular complexity index is 583. The van der Waals surface area contributed by atoms with Crippen LogP contribution in [0, 0.1) is 27.7 Å². The van der Waals surface area contributed by atoms with E-state index in [-0.39, 0.29) is 5.78 Å². The Morgan fingerprint density at radius 3 is 1.50 bits per heavy atom. The molecule has 2 aromatic carbocycles. The van der Waals surface area contributed by atoms with Crippen molar-refractivity contribution in [1.82, 2.24) is 0 Å². The van der Waals surface area contributed by atoms with Crippen molar-refractivity contribution in [2.24, 2.45) is 0 Å². The van der Waals surface area contributed by atoms with Crippen LogP contribution in [-0.4, -0.2) is 5.78 Å². The van der Waals surface area contributed by atoms with Crippen LogP contribution < -0.4 is 0 Å². The second-order valence-electron chi connectivity index (χ2n) is 5.75. The number of rotatable bonds is 4. The number of Topliss-reactive ketones (excluding diaryl/α,β-unsaturated/α-hetero) is 1. The molecule has 20 heavy (non-hydrogen) atoms. The maximum Gasteiger partial charge on any atom is 0.141 e. The molecule has 1 nitrogen and oxygen atoms in total. The van der Waals surface area contributed by atoms with E-state index in [2.05, 4.69) is 64.1 Å². The fourth-order valence-corrected chi connectivity index (χ4v) is 2.58. The Hall–Kier alpha value is -1.89. The molecule has 0 spiro atoms. The summed E-state index contributed by atoms with van der Waals surface area (Å²) in [7, 11) is 0. The normalized spacial score (nSPS) is 10.6. The Labute approximate surface area is 121 Å². The van der Waals surface area contributed by atoms with Gasteiger partial charge in [0.05, 0.1) is 0 Å². The molecule has 2 aromatic rings. The SMILES string of the molecule is Cc1ccc(CC(=O)Cc2ccc(C)cc2C)c(C)c1. The molecule has 0 aromatic heterocycles. The number of aryl methyl sites for hydroxylation is 4. The molecule has 0 unspecified atom stereocenters. The van der Waals surface area contributed by atoms with Crippen LogP contribution in [0.25, 0.3) is 0 Å². The predicted octanol–water partition coefficient (Wildman–Crippen LogP) is 4.27. The van der Waals surface area contributed by atoms with Gasteiger partial charge in [0.15, 0.2) is 0 Å². The predicted molar refractivity (Wildman–Crippen MR) is 84.2 cm³/mol. The Kier molecular flexibility index (Phi) is 4.39. The Morgan fingerprint density at radius 2 is 1.15 bits per heavy atom. The van der Waals surface area contributed by atoms with Crippen LogP contribution in [0.1, 0.15) is 33.4 Å². The number of carbonyl (C=O) groups excluding carboxylic acids is 1. The minimum absolute atomic E-state index is 0.281. The van der Waals surface area contributed by atoms with Gasteiger partial charge in [-0.25, -0.2) is 0 Å². The maximum absolute atomic E-state index is 12.3. The summed E-state index contributed by atoms with van der Waals surface area (Å²) in [6, 6.07) is 12.6. The second-order valence-corrected chi connectivity index (χ2v) is 5.75. The quantitative estimate of drug-likeness (QED) is 0.807. The number of benzene rings is 2. The summed E-state index contributed by atoms with van der Waals surface area (Å²) < 4.78 is 0. The standard InChI is InChI=1S/C19H22O/c1-13-5-7-17(15(3)9-13)11-19(20)12-18-8-6-14(2)10-16(18)4/h5-10H,11-12H2,1-4H3. The number of ketones is 1. The van der Waals surface area contributed by atoms with E-state index in [1.165, 1.54) is 22.3 Å². The molecule has 1 heteroatoms. The van der Waals surface area contributed by atoms with E-state index in [1.807, 2.05) is 0 Å². The fraction of sp³-hybridized carbons (Fsp3) is 0.316. The highest BCUT2D eigenvalue weighted by atomic mass is 16.1. The number of hydrogen-bond acceptors (Lipinski definition) is 1. The average molecular weight is 266 g/mol. The van der Waals surface area contributed by atoms with E-state index >= 15 is 0 Å². The van der Waals surface area contributed by atoms with Gasteiger partial charge in [0.25, 0.3) is 0 Å².